The topological polar surface area (TPSA) is 56.6 Å². The minimum absolute atomic E-state index is 0.0362. The van der Waals surface area contributed by atoms with Gasteiger partial charge in [0.15, 0.2) is 11.5 Å². The first-order chi connectivity index (χ1) is 18.5. The van der Waals surface area contributed by atoms with E-state index < -0.39 is 0 Å². The van der Waals surface area contributed by atoms with E-state index in [1.807, 2.05) is 66.4 Å². The predicted molar refractivity (Wildman–Crippen MR) is 153 cm³/mol. The highest BCUT2D eigenvalue weighted by Gasteiger charge is 2.35. The molecular weight excluding hydrogens is 474 g/mol. The molecule has 6 nitrogen and oxygen atoms in total. The van der Waals surface area contributed by atoms with Gasteiger partial charge in [-0.05, 0) is 68.1 Å². The lowest BCUT2D eigenvalue weighted by Gasteiger charge is -2.21. The summed E-state index contributed by atoms with van der Waals surface area (Å²) in [6, 6.07) is 20.4. The van der Waals surface area contributed by atoms with Crippen LogP contribution in [0.3, 0.4) is 0 Å². The van der Waals surface area contributed by atoms with Gasteiger partial charge in [0, 0.05) is 31.1 Å². The molecule has 1 aliphatic rings. The molecule has 196 valence electrons. The molecule has 0 N–H and O–H groups in total. The average Bonchev–Trinajstić information content (AvgIpc) is 3.47. The summed E-state index contributed by atoms with van der Waals surface area (Å²) >= 11 is 0. The summed E-state index contributed by atoms with van der Waals surface area (Å²) in [7, 11) is 1.66. The molecule has 0 bridgehead atoms. The third-order valence-corrected chi connectivity index (χ3v) is 7.21. The number of aryl methyl sites for hydroxylation is 3. The molecule has 0 spiro atoms. The maximum absolute atomic E-state index is 13.2. The Kier molecular flexibility index (Phi) is 7.50. The third kappa shape index (κ3) is 5.03. The van der Waals surface area contributed by atoms with E-state index in [-0.39, 0.29) is 11.8 Å². The van der Waals surface area contributed by atoms with Crippen LogP contribution in [0.15, 0.2) is 66.7 Å². The van der Waals surface area contributed by atoms with Gasteiger partial charge in [0.2, 0.25) is 5.91 Å². The Bertz CT molecular complexity index is 1470. The minimum Gasteiger partial charge on any atom is -0.493 e. The predicted octanol–water partition coefficient (Wildman–Crippen LogP) is 6.68. The molecule has 0 radical (unpaired) electrons. The van der Waals surface area contributed by atoms with Crippen LogP contribution in [-0.2, 0) is 11.3 Å². The molecule has 0 saturated carbocycles. The van der Waals surface area contributed by atoms with E-state index in [1.54, 1.807) is 7.11 Å². The van der Waals surface area contributed by atoms with Gasteiger partial charge >= 0.3 is 0 Å². The highest BCUT2D eigenvalue weighted by atomic mass is 16.5. The van der Waals surface area contributed by atoms with Crippen molar-refractivity contribution in [3.63, 3.8) is 0 Å². The van der Waals surface area contributed by atoms with E-state index in [1.165, 1.54) is 0 Å². The van der Waals surface area contributed by atoms with Crippen LogP contribution >= 0.6 is 0 Å². The first kappa shape index (κ1) is 25.6. The van der Waals surface area contributed by atoms with Gasteiger partial charge in [-0.3, -0.25) is 4.79 Å². The number of anilines is 1. The number of methoxy groups -OCH3 is 1. The van der Waals surface area contributed by atoms with Crippen LogP contribution < -0.4 is 14.4 Å². The zero-order valence-corrected chi connectivity index (χ0v) is 22.6. The fraction of sp³-hybridized carbons (Fsp3) is 0.312. The number of fused-ring (bicyclic) bond motifs is 1. The fourth-order valence-electron chi connectivity index (χ4n) is 5.47. The second-order valence-electron chi connectivity index (χ2n) is 9.87. The van der Waals surface area contributed by atoms with Gasteiger partial charge in [0.05, 0.1) is 24.8 Å². The SMILES string of the molecule is C/C=C/c1ccc(OCCCn2c(C3CC(=O)N(c4c(C)cccc4C)C3)nc3ccccc32)c(OC)c1. The molecule has 1 aliphatic heterocycles. The van der Waals surface area contributed by atoms with Crippen molar-refractivity contribution in [2.75, 3.05) is 25.2 Å². The molecule has 1 amide bonds. The molecule has 5 rings (SSSR count). The summed E-state index contributed by atoms with van der Waals surface area (Å²) in [6.45, 7) is 8.07. The van der Waals surface area contributed by atoms with Crippen molar-refractivity contribution < 1.29 is 14.3 Å². The molecule has 1 aromatic heterocycles. The Labute approximate surface area is 224 Å². The zero-order chi connectivity index (χ0) is 26.6. The first-order valence-electron chi connectivity index (χ1n) is 13.3. The number of amides is 1. The normalized spacial score (nSPS) is 15.6. The molecular formula is C32H35N3O3. The second kappa shape index (κ2) is 11.1. The first-order valence-corrected chi connectivity index (χ1v) is 13.3. The number of benzene rings is 3. The van der Waals surface area contributed by atoms with Gasteiger partial charge in [-0.1, -0.05) is 48.6 Å². The van der Waals surface area contributed by atoms with Gasteiger partial charge in [0.25, 0.3) is 0 Å². The van der Waals surface area contributed by atoms with Crippen molar-refractivity contribution in [3.05, 3.63) is 89.3 Å². The lowest BCUT2D eigenvalue weighted by molar-refractivity contribution is -0.117. The highest BCUT2D eigenvalue weighted by molar-refractivity contribution is 5.98. The summed E-state index contributed by atoms with van der Waals surface area (Å²) < 4.78 is 13.9. The molecule has 1 fully saturated rings. The quantitative estimate of drug-likeness (QED) is 0.236. The number of hydrogen-bond donors (Lipinski definition) is 0. The number of ether oxygens (including phenoxy) is 2. The molecule has 0 aliphatic carbocycles. The maximum atomic E-state index is 13.2. The summed E-state index contributed by atoms with van der Waals surface area (Å²) in [4.78, 5) is 20.1. The van der Waals surface area contributed by atoms with Crippen LogP contribution in [-0.4, -0.2) is 35.7 Å². The highest BCUT2D eigenvalue weighted by Crippen LogP contribution is 2.36. The minimum atomic E-state index is 0.0362. The molecule has 6 heteroatoms. The van der Waals surface area contributed by atoms with Crippen LogP contribution in [0.4, 0.5) is 5.69 Å². The number of carbonyl (C=O) groups excluding carboxylic acids is 1. The number of hydrogen-bond acceptors (Lipinski definition) is 4. The van der Waals surface area contributed by atoms with Crippen molar-refractivity contribution in [1.29, 1.82) is 0 Å². The van der Waals surface area contributed by atoms with E-state index >= 15 is 0 Å². The van der Waals surface area contributed by atoms with Gasteiger partial charge in [-0.25, -0.2) is 4.98 Å². The molecule has 4 aromatic rings. The Morgan fingerprint density at radius 1 is 1.03 bits per heavy atom. The van der Waals surface area contributed by atoms with Crippen LogP contribution in [0.2, 0.25) is 0 Å². The molecule has 2 heterocycles. The summed E-state index contributed by atoms with van der Waals surface area (Å²) in [5, 5.41) is 0. The number of nitrogens with zero attached hydrogens (tertiary/aromatic N) is 3. The Morgan fingerprint density at radius 3 is 2.58 bits per heavy atom. The molecule has 38 heavy (non-hydrogen) atoms. The molecule has 3 aromatic carbocycles. The standard InChI is InChI=1S/C32H35N3O3/c1-5-10-24-15-16-28(29(19-24)37-4)38-18-9-17-34-27-14-7-6-13-26(27)33-32(34)25-20-30(36)35(21-25)31-22(2)11-8-12-23(31)3/h5-8,10-16,19,25H,9,17-18,20-21H2,1-4H3/b10-5+. The lowest BCUT2D eigenvalue weighted by atomic mass is 10.1. The zero-order valence-electron chi connectivity index (χ0n) is 22.6. The van der Waals surface area contributed by atoms with Gasteiger partial charge in [-0.2, -0.15) is 0 Å². The summed E-state index contributed by atoms with van der Waals surface area (Å²) in [5.41, 5.74) is 6.41. The molecule has 1 unspecified atom stereocenters. The fourth-order valence-corrected chi connectivity index (χ4v) is 5.47. The van der Waals surface area contributed by atoms with E-state index in [4.69, 9.17) is 14.5 Å². The van der Waals surface area contributed by atoms with Gasteiger partial charge in [0.1, 0.15) is 5.82 Å². The van der Waals surface area contributed by atoms with Crippen molar-refractivity contribution in [3.8, 4) is 11.5 Å². The van der Waals surface area contributed by atoms with Crippen molar-refractivity contribution >= 4 is 28.7 Å². The molecule has 1 atom stereocenters. The van der Waals surface area contributed by atoms with Crippen molar-refractivity contribution in [2.45, 2.75) is 46.1 Å². The number of aromatic nitrogens is 2. The van der Waals surface area contributed by atoms with E-state index in [9.17, 15) is 4.79 Å². The number of rotatable bonds is 9. The van der Waals surface area contributed by atoms with Crippen LogP contribution in [0.1, 0.15) is 48.2 Å². The van der Waals surface area contributed by atoms with E-state index in [2.05, 4.69) is 36.6 Å². The maximum Gasteiger partial charge on any atom is 0.227 e. The van der Waals surface area contributed by atoms with Crippen LogP contribution in [0, 0.1) is 13.8 Å². The Balaban J connectivity index is 1.34. The monoisotopic (exact) mass is 509 g/mol. The van der Waals surface area contributed by atoms with Gasteiger partial charge in [-0.15, -0.1) is 0 Å². The number of allylic oxidation sites excluding steroid dienone is 1. The smallest absolute Gasteiger partial charge is 0.227 e. The van der Waals surface area contributed by atoms with E-state index in [0.29, 0.717) is 19.6 Å². The van der Waals surface area contributed by atoms with Crippen LogP contribution in [0.5, 0.6) is 11.5 Å². The van der Waals surface area contributed by atoms with E-state index in [0.717, 1.165) is 63.7 Å². The summed E-state index contributed by atoms with van der Waals surface area (Å²) in [5.74, 6) is 2.63. The third-order valence-electron chi connectivity index (χ3n) is 7.21. The number of carbonyl (C=O) groups is 1. The number of para-hydroxylation sites is 3. The summed E-state index contributed by atoms with van der Waals surface area (Å²) in [6.07, 6.45) is 5.30. The lowest BCUT2D eigenvalue weighted by Crippen LogP contribution is -2.26. The Hall–Kier alpha value is -4.06. The van der Waals surface area contributed by atoms with Crippen molar-refractivity contribution in [2.24, 2.45) is 0 Å². The number of imidazole rings is 1. The Morgan fingerprint density at radius 2 is 1.82 bits per heavy atom. The second-order valence-corrected chi connectivity index (χ2v) is 9.87. The van der Waals surface area contributed by atoms with Crippen molar-refractivity contribution in [1.82, 2.24) is 9.55 Å². The largest absolute Gasteiger partial charge is 0.493 e. The average molecular weight is 510 g/mol. The molecule has 1 saturated heterocycles. The van der Waals surface area contributed by atoms with Gasteiger partial charge < -0.3 is 18.9 Å². The van der Waals surface area contributed by atoms with Crippen LogP contribution in [0.25, 0.3) is 17.1 Å².